The molecule has 1 fully saturated rings. The first-order chi connectivity index (χ1) is 7.83. The van der Waals surface area contributed by atoms with Crippen LogP contribution >= 0.6 is 0 Å². The maximum Gasteiger partial charge on any atom is 0.0517 e. The van der Waals surface area contributed by atoms with E-state index in [2.05, 4.69) is 19.2 Å². The monoisotopic (exact) mass is 229 g/mol. The number of nitrogens with one attached hydrogen (secondary N) is 1. The minimum Gasteiger partial charge on any atom is -0.381 e. The molecule has 0 bridgehead atoms. The van der Waals surface area contributed by atoms with Crippen molar-refractivity contribution in [2.75, 3.05) is 33.0 Å². The zero-order valence-electron chi connectivity index (χ0n) is 10.8. The Bertz CT molecular complexity index is 158. The van der Waals surface area contributed by atoms with Crippen molar-refractivity contribution in [3.05, 3.63) is 0 Å². The van der Waals surface area contributed by atoms with Crippen LogP contribution in [0.1, 0.15) is 39.5 Å². The highest BCUT2D eigenvalue weighted by Crippen LogP contribution is 2.12. The van der Waals surface area contributed by atoms with Crippen LogP contribution < -0.4 is 5.32 Å². The molecule has 0 aromatic rings. The van der Waals surface area contributed by atoms with Crippen LogP contribution in [0.3, 0.4) is 0 Å². The molecule has 1 N–H and O–H groups in total. The second kappa shape index (κ2) is 8.97. The van der Waals surface area contributed by atoms with Gasteiger partial charge in [0.05, 0.1) is 13.2 Å². The lowest BCUT2D eigenvalue weighted by molar-refractivity contribution is 0.0863. The summed E-state index contributed by atoms with van der Waals surface area (Å²) in [7, 11) is 0. The zero-order chi connectivity index (χ0) is 11.6. The Hall–Kier alpha value is -0.120. The molecule has 96 valence electrons. The second-order valence-electron chi connectivity index (χ2n) is 4.80. The standard InChI is InChI=1S/C13H27NO2/c1-3-7-14-12(2)5-4-8-15-10-13-6-9-16-11-13/h12-14H,3-11H2,1-2H3. The van der Waals surface area contributed by atoms with Gasteiger partial charge in [-0.1, -0.05) is 6.92 Å². The Morgan fingerprint density at radius 3 is 3.06 bits per heavy atom. The predicted molar refractivity (Wildman–Crippen MR) is 66.7 cm³/mol. The molecular formula is C13H27NO2. The van der Waals surface area contributed by atoms with E-state index in [0.717, 1.165) is 39.4 Å². The van der Waals surface area contributed by atoms with Crippen molar-refractivity contribution in [3.63, 3.8) is 0 Å². The lowest BCUT2D eigenvalue weighted by atomic mass is 10.1. The van der Waals surface area contributed by atoms with Crippen LogP contribution in [0, 0.1) is 5.92 Å². The average Bonchev–Trinajstić information content (AvgIpc) is 2.79. The number of hydrogen-bond donors (Lipinski definition) is 1. The van der Waals surface area contributed by atoms with Gasteiger partial charge in [0.25, 0.3) is 0 Å². The smallest absolute Gasteiger partial charge is 0.0517 e. The molecule has 1 rings (SSSR count). The van der Waals surface area contributed by atoms with Gasteiger partial charge in [-0.05, 0) is 39.2 Å². The number of hydrogen-bond acceptors (Lipinski definition) is 3. The SMILES string of the molecule is CCCNC(C)CCCOCC1CCOC1. The summed E-state index contributed by atoms with van der Waals surface area (Å²) in [5, 5.41) is 3.49. The van der Waals surface area contributed by atoms with Crippen LogP contribution in [0.2, 0.25) is 0 Å². The van der Waals surface area contributed by atoms with Gasteiger partial charge in [-0.3, -0.25) is 0 Å². The molecule has 3 heteroatoms. The predicted octanol–water partition coefficient (Wildman–Crippen LogP) is 2.21. The Kier molecular flexibility index (Phi) is 7.81. The van der Waals surface area contributed by atoms with E-state index in [-0.39, 0.29) is 0 Å². The summed E-state index contributed by atoms with van der Waals surface area (Å²) in [5.41, 5.74) is 0. The Morgan fingerprint density at radius 2 is 2.38 bits per heavy atom. The van der Waals surface area contributed by atoms with E-state index < -0.39 is 0 Å². The normalized spacial score (nSPS) is 22.5. The minimum absolute atomic E-state index is 0.623. The first-order valence-corrected chi connectivity index (χ1v) is 6.71. The molecule has 3 nitrogen and oxygen atoms in total. The molecule has 2 unspecified atom stereocenters. The fourth-order valence-corrected chi connectivity index (χ4v) is 1.95. The molecule has 0 aromatic carbocycles. The second-order valence-corrected chi connectivity index (χ2v) is 4.80. The Balaban J connectivity index is 1.83. The molecule has 1 aliphatic rings. The van der Waals surface area contributed by atoms with E-state index in [1.54, 1.807) is 0 Å². The summed E-state index contributed by atoms with van der Waals surface area (Å²) in [6.07, 6.45) is 4.75. The molecule has 0 amide bonds. The van der Waals surface area contributed by atoms with E-state index in [0.29, 0.717) is 12.0 Å². The van der Waals surface area contributed by atoms with Crippen molar-refractivity contribution in [3.8, 4) is 0 Å². The maximum atomic E-state index is 5.66. The topological polar surface area (TPSA) is 30.5 Å². The third kappa shape index (κ3) is 6.46. The highest BCUT2D eigenvalue weighted by atomic mass is 16.5. The van der Waals surface area contributed by atoms with Crippen LogP contribution in [0.4, 0.5) is 0 Å². The first-order valence-electron chi connectivity index (χ1n) is 6.71. The molecule has 0 aliphatic carbocycles. The summed E-state index contributed by atoms with van der Waals surface area (Å²) >= 11 is 0. The third-order valence-corrected chi connectivity index (χ3v) is 3.05. The lowest BCUT2D eigenvalue weighted by Crippen LogP contribution is -2.26. The van der Waals surface area contributed by atoms with E-state index in [1.165, 1.54) is 19.3 Å². The van der Waals surface area contributed by atoms with E-state index >= 15 is 0 Å². The average molecular weight is 229 g/mol. The van der Waals surface area contributed by atoms with Crippen LogP contribution in [0.25, 0.3) is 0 Å². The van der Waals surface area contributed by atoms with Gasteiger partial charge < -0.3 is 14.8 Å². The minimum atomic E-state index is 0.623. The molecule has 0 spiro atoms. The number of ether oxygens (including phenoxy) is 2. The summed E-state index contributed by atoms with van der Waals surface area (Å²) in [6, 6.07) is 0.623. The quantitative estimate of drug-likeness (QED) is 0.615. The van der Waals surface area contributed by atoms with Gasteiger partial charge in [-0.15, -0.1) is 0 Å². The molecule has 0 aromatic heterocycles. The van der Waals surface area contributed by atoms with Gasteiger partial charge in [0.2, 0.25) is 0 Å². The first kappa shape index (κ1) is 13.9. The van der Waals surface area contributed by atoms with E-state index in [1.807, 2.05) is 0 Å². The van der Waals surface area contributed by atoms with Gasteiger partial charge in [0.15, 0.2) is 0 Å². The molecule has 16 heavy (non-hydrogen) atoms. The molecule has 0 saturated carbocycles. The Labute approximate surface area is 99.9 Å². The highest BCUT2D eigenvalue weighted by molar-refractivity contribution is 4.63. The van der Waals surface area contributed by atoms with Gasteiger partial charge in [-0.25, -0.2) is 0 Å². The fraction of sp³-hybridized carbons (Fsp3) is 1.00. The van der Waals surface area contributed by atoms with E-state index in [9.17, 15) is 0 Å². The summed E-state index contributed by atoms with van der Waals surface area (Å²) < 4.78 is 11.0. The van der Waals surface area contributed by atoms with Crippen molar-refractivity contribution in [2.24, 2.45) is 5.92 Å². The molecule has 1 saturated heterocycles. The third-order valence-electron chi connectivity index (χ3n) is 3.05. The summed E-state index contributed by atoms with van der Waals surface area (Å²) in [4.78, 5) is 0. The van der Waals surface area contributed by atoms with Crippen molar-refractivity contribution in [1.82, 2.24) is 5.32 Å². The largest absolute Gasteiger partial charge is 0.381 e. The van der Waals surface area contributed by atoms with Crippen molar-refractivity contribution >= 4 is 0 Å². The Morgan fingerprint density at radius 1 is 1.50 bits per heavy atom. The summed E-state index contributed by atoms with van der Waals surface area (Å²) in [6.45, 7) is 9.18. The van der Waals surface area contributed by atoms with Gasteiger partial charge >= 0.3 is 0 Å². The molecule has 2 atom stereocenters. The molecule has 1 heterocycles. The van der Waals surface area contributed by atoms with Crippen molar-refractivity contribution < 1.29 is 9.47 Å². The van der Waals surface area contributed by atoms with E-state index in [4.69, 9.17) is 9.47 Å². The maximum absolute atomic E-state index is 5.66. The number of rotatable bonds is 9. The van der Waals surface area contributed by atoms with Crippen LogP contribution in [-0.4, -0.2) is 39.0 Å². The van der Waals surface area contributed by atoms with Gasteiger partial charge in [0.1, 0.15) is 0 Å². The van der Waals surface area contributed by atoms with Crippen LogP contribution in [-0.2, 0) is 9.47 Å². The molecule has 0 radical (unpaired) electrons. The highest BCUT2D eigenvalue weighted by Gasteiger charge is 2.15. The lowest BCUT2D eigenvalue weighted by Gasteiger charge is -2.13. The van der Waals surface area contributed by atoms with Gasteiger partial charge in [-0.2, -0.15) is 0 Å². The molecule has 1 aliphatic heterocycles. The fourth-order valence-electron chi connectivity index (χ4n) is 1.95. The van der Waals surface area contributed by atoms with Crippen LogP contribution in [0.5, 0.6) is 0 Å². The zero-order valence-corrected chi connectivity index (χ0v) is 10.8. The summed E-state index contributed by atoms with van der Waals surface area (Å²) in [5.74, 6) is 0.649. The van der Waals surface area contributed by atoms with Crippen molar-refractivity contribution in [1.29, 1.82) is 0 Å². The van der Waals surface area contributed by atoms with Gasteiger partial charge in [0, 0.05) is 25.2 Å². The van der Waals surface area contributed by atoms with Crippen LogP contribution in [0.15, 0.2) is 0 Å². The molecular weight excluding hydrogens is 202 g/mol. The van der Waals surface area contributed by atoms with Crippen molar-refractivity contribution in [2.45, 2.75) is 45.6 Å².